The molecular formula is C18H22N2O. The number of carbonyl (C=O) groups is 1. The third kappa shape index (κ3) is 4.95. The predicted octanol–water partition coefficient (Wildman–Crippen LogP) is 4.00. The van der Waals surface area contributed by atoms with E-state index < -0.39 is 0 Å². The highest BCUT2D eigenvalue weighted by atomic mass is 16.1. The van der Waals surface area contributed by atoms with Crippen LogP contribution in [0.15, 0.2) is 48.5 Å². The number of rotatable bonds is 6. The van der Waals surface area contributed by atoms with Gasteiger partial charge in [-0.1, -0.05) is 36.8 Å². The first-order chi connectivity index (χ1) is 10.2. The number of aryl methyl sites for hydroxylation is 2. The molecule has 0 saturated carbocycles. The van der Waals surface area contributed by atoms with Gasteiger partial charge in [-0.05, 0) is 43.2 Å². The number of anilines is 2. The minimum absolute atomic E-state index is 0.0267. The van der Waals surface area contributed by atoms with Gasteiger partial charge in [0.25, 0.3) is 0 Å². The predicted molar refractivity (Wildman–Crippen MR) is 88.7 cm³/mol. The summed E-state index contributed by atoms with van der Waals surface area (Å²) in [6, 6.07) is 16.1. The van der Waals surface area contributed by atoms with Crippen molar-refractivity contribution >= 4 is 17.3 Å². The molecule has 3 nitrogen and oxygen atoms in total. The molecule has 21 heavy (non-hydrogen) atoms. The summed E-state index contributed by atoms with van der Waals surface area (Å²) in [5.41, 5.74) is 4.40. The van der Waals surface area contributed by atoms with Gasteiger partial charge in [0.05, 0.1) is 0 Å². The molecule has 0 bridgehead atoms. The Hall–Kier alpha value is -2.29. The largest absolute Gasteiger partial charge is 0.385 e. The molecule has 0 aliphatic rings. The molecule has 2 rings (SSSR count). The van der Waals surface area contributed by atoms with E-state index in [-0.39, 0.29) is 5.91 Å². The van der Waals surface area contributed by atoms with E-state index in [0.29, 0.717) is 13.0 Å². The normalized spacial score (nSPS) is 10.2. The van der Waals surface area contributed by atoms with Crippen LogP contribution in [0.5, 0.6) is 0 Å². The zero-order valence-electron chi connectivity index (χ0n) is 12.6. The molecular weight excluding hydrogens is 260 g/mol. The van der Waals surface area contributed by atoms with Crippen LogP contribution in [0, 0.1) is 6.92 Å². The second kappa shape index (κ2) is 7.48. The Morgan fingerprint density at radius 3 is 2.19 bits per heavy atom. The van der Waals surface area contributed by atoms with Crippen molar-refractivity contribution < 1.29 is 4.79 Å². The van der Waals surface area contributed by atoms with Crippen LogP contribution in [0.4, 0.5) is 11.4 Å². The summed E-state index contributed by atoms with van der Waals surface area (Å²) < 4.78 is 0. The lowest BCUT2D eigenvalue weighted by Gasteiger charge is -2.08. The van der Waals surface area contributed by atoms with Gasteiger partial charge in [-0.2, -0.15) is 0 Å². The van der Waals surface area contributed by atoms with Crippen LogP contribution in [-0.2, 0) is 11.2 Å². The van der Waals surface area contributed by atoms with Crippen molar-refractivity contribution in [2.24, 2.45) is 0 Å². The first-order valence-corrected chi connectivity index (χ1v) is 7.36. The number of nitrogens with one attached hydrogen (secondary N) is 2. The molecule has 3 heteroatoms. The van der Waals surface area contributed by atoms with E-state index in [2.05, 4.69) is 36.6 Å². The molecule has 0 aliphatic heterocycles. The smallest absolute Gasteiger partial charge is 0.226 e. The summed E-state index contributed by atoms with van der Waals surface area (Å²) in [7, 11) is 0. The van der Waals surface area contributed by atoms with E-state index in [1.165, 1.54) is 11.1 Å². The Bertz CT molecular complexity index is 573. The highest BCUT2D eigenvalue weighted by Gasteiger charge is 2.02. The van der Waals surface area contributed by atoms with E-state index in [1.54, 1.807) is 0 Å². The van der Waals surface area contributed by atoms with Gasteiger partial charge in [-0.25, -0.2) is 0 Å². The minimum atomic E-state index is 0.0267. The fourth-order valence-corrected chi connectivity index (χ4v) is 2.04. The molecule has 0 aromatic heterocycles. The van der Waals surface area contributed by atoms with Gasteiger partial charge in [0.15, 0.2) is 0 Å². The zero-order chi connectivity index (χ0) is 15.1. The SMILES string of the molecule is CCc1ccc(NC(=O)CCNc2ccc(C)cc2)cc1. The third-order valence-corrected chi connectivity index (χ3v) is 3.38. The standard InChI is InChI=1S/C18H22N2O/c1-3-15-6-10-17(11-7-15)20-18(21)12-13-19-16-8-4-14(2)5-9-16/h4-11,19H,3,12-13H2,1-2H3,(H,20,21). The van der Waals surface area contributed by atoms with E-state index >= 15 is 0 Å². The molecule has 0 aliphatic carbocycles. The van der Waals surface area contributed by atoms with Crippen molar-refractivity contribution in [3.8, 4) is 0 Å². The molecule has 110 valence electrons. The Morgan fingerprint density at radius 2 is 1.57 bits per heavy atom. The lowest BCUT2D eigenvalue weighted by molar-refractivity contribution is -0.115. The Kier molecular flexibility index (Phi) is 5.38. The highest BCUT2D eigenvalue weighted by Crippen LogP contribution is 2.11. The first-order valence-electron chi connectivity index (χ1n) is 7.36. The summed E-state index contributed by atoms with van der Waals surface area (Å²) >= 11 is 0. The van der Waals surface area contributed by atoms with Gasteiger partial charge in [0.1, 0.15) is 0 Å². The van der Waals surface area contributed by atoms with Crippen LogP contribution in [-0.4, -0.2) is 12.5 Å². The Labute approximate surface area is 126 Å². The van der Waals surface area contributed by atoms with Crippen LogP contribution < -0.4 is 10.6 Å². The van der Waals surface area contributed by atoms with E-state index in [9.17, 15) is 4.79 Å². The van der Waals surface area contributed by atoms with Crippen molar-refractivity contribution in [2.75, 3.05) is 17.2 Å². The molecule has 2 aromatic rings. The van der Waals surface area contributed by atoms with Gasteiger partial charge in [0.2, 0.25) is 5.91 Å². The van der Waals surface area contributed by atoms with Gasteiger partial charge in [-0.15, -0.1) is 0 Å². The number of amides is 1. The van der Waals surface area contributed by atoms with Crippen LogP contribution in [0.2, 0.25) is 0 Å². The Balaban J connectivity index is 1.75. The molecule has 1 amide bonds. The summed E-state index contributed by atoms with van der Waals surface area (Å²) in [5, 5.41) is 6.16. The lowest BCUT2D eigenvalue weighted by atomic mass is 10.1. The molecule has 0 spiro atoms. The van der Waals surface area contributed by atoms with Crippen LogP contribution in [0.1, 0.15) is 24.5 Å². The zero-order valence-corrected chi connectivity index (χ0v) is 12.6. The summed E-state index contributed by atoms with van der Waals surface area (Å²) in [5.74, 6) is 0.0267. The fraction of sp³-hybridized carbons (Fsp3) is 0.278. The maximum absolute atomic E-state index is 11.9. The summed E-state index contributed by atoms with van der Waals surface area (Å²) in [6.07, 6.45) is 1.46. The van der Waals surface area contributed by atoms with Gasteiger partial charge in [0, 0.05) is 24.3 Å². The van der Waals surface area contributed by atoms with Crippen molar-refractivity contribution in [3.63, 3.8) is 0 Å². The highest BCUT2D eigenvalue weighted by molar-refractivity contribution is 5.90. The van der Waals surface area contributed by atoms with Gasteiger partial charge < -0.3 is 10.6 Å². The molecule has 2 aromatic carbocycles. The molecule has 0 heterocycles. The molecule has 0 atom stereocenters. The van der Waals surface area contributed by atoms with Gasteiger partial charge in [-0.3, -0.25) is 4.79 Å². The van der Waals surface area contributed by atoms with E-state index in [0.717, 1.165) is 17.8 Å². The lowest BCUT2D eigenvalue weighted by Crippen LogP contribution is -2.16. The maximum atomic E-state index is 11.9. The number of carbonyl (C=O) groups excluding carboxylic acids is 1. The quantitative estimate of drug-likeness (QED) is 0.841. The molecule has 0 radical (unpaired) electrons. The second-order valence-corrected chi connectivity index (χ2v) is 5.14. The summed E-state index contributed by atoms with van der Waals surface area (Å²) in [4.78, 5) is 11.9. The monoisotopic (exact) mass is 282 g/mol. The summed E-state index contributed by atoms with van der Waals surface area (Å²) in [6.45, 7) is 4.80. The fourth-order valence-electron chi connectivity index (χ4n) is 2.04. The van der Waals surface area contributed by atoms with E-state index in [1.807, 2.05) is 36.4 Å². The molecule has 0 unspecified atom stereocenters. The van der Waals surface area contributed by atoms with Gasteiger partial charge >= 0.3 is 0 Å². The van der Waals surface area contributed by atoms with Crippen LogP contribution in [0.3, 0.4) is 0 Å². The second-order valence-electron chi connectivity index (χ2n) is 5.14. The number of benzene rings is 2. The van der Waals surface area contributed by atoms with Crippen LogP contribution >= 0.6 is 0 Å². The molecule has 0 fully saturated rings. The van der Waals surface area contributed by atoms with Crippen molar-refractivity contribution in [3.05, 3.63) is 59.7 Å². The Morgan fingerprint density at radius 1 is 0.952 bits per heavy atom. The van der Waals surface area contributed by atoms with Crippen LogP contribution in [0.25, 0.3) is 0 Å². The first kappa shape index (κ1) is 15.1. The average molecular weight is 282 g/mol. The maximum Gasteiger partial charge on any atom is 0.226 e. The number of hydrogen-bond acceptors (Lipinski definition) is 2. The minimum Gasteiger partial charge on any atom is -0.385 e. The average Bonchev–Trinajstić information content (AvgIpc) is 2.50. The van der Waals surface area contributed by atoms with Crippen molar-refractivity contribution in [2.45, 2.75) is 26.7 Å². The molecule has 2 N–H and O–H groups in total. The number of hydrogen-bond donors (Lipinski definition) is 2. The van der Waals surface area contributed by atoms with E-state index in [4.69, 9.17) is 0 Å². The van der Waals surface area contributed by atoms with Crippen molar-refractivity contribution in [1.29, 1.82) is 0 Å². The van der Waals surface area contributed by atoms with Crippen molar-refractivity contribution in [1.82, 2.24) is 0 Å². The third-order valence-electron chi connectivity index (χ3n) is 3.38. The topological polar surface area (TPSA) is 41.1 Å². The molecule has 0 saturated heterocycles.